The zero-order valence-corrected chi connectivity index (χ0v) is 10.7. The van der Waals surface area contributed by atoms with Gasteiger partial charge >= 0.3 is 5.69 Å². The molecule has 0 radical (unpaired) electrons. The van der Waals surface area contributed by atoms with Gasteiger partial charge in [0.2, 0.25) is 0 Å². The second-order valence-electron chi connectivity index (χ2n) is 3.90. The molecule has 98 valence electrons. The molecular formula is C11H22N4O2. The molecule has 0 aliphatic heterocycles. The largest absolute Gasteiger partial charge is 0.382 e. The van der Waals surface area contributed by atoms with Crippen molar-refractivity contribution in [3.63, 3.8) is 0 Å². The van der Waals surface area contributed by atoms with Gasteiger partial charge in [-0.25, -0.2) is 9.48 Å². The minimum atomic E-state index is -0.0665. The summed E-state index contributed by atoms with van der Waals surface area (Å²) in [6.45, 7) is 5.96. The first kappa shape index (κ1) is 13.9. The van der Waals surface area contributed by atoms with E-state index >= 15 is 0 Å². The summed E-state index contributed by atoms with van der Waals surface area (Å²) in [4.78, 5) is 11.4. The summed E-state index contributed by atoms with van der Waals surface area (Å²) in [6.07, 6.45) is 3.70. The van der Waals surface area contributed by atoms with Crippen molar-refractivity contribution in [2.24, 2.45) is 7.05 Å². The first-order chi connectivity index (χ1) is 8.25. The second-order valence-corrected chi connectivity index (χ2v) is 3.90. The van der Waals surface area contributed by atoms with Gasteiger partial charge in [0, 0.05) is 26.8 Å². The second kappa shape index (κ2) is 8.03. The van der Waals surface area contributed by atoms with Crippen molar-refractivity contribution in [2.45, 2.75) is 26.3 Å². The predicted molar refractivity (Wildman–Crippen MR) is 66.1 cm³/mol. The average Bonchev–Trinajstić information content (AvgIpc) is 2.64. The van der Waals surface area contributed by atoms with Crippen molar-refractivity contribution in [1.82, 2.24) is 19.7 Å². The summed E-state index contributed by atoms with van der Waals surface area (Å²) in [5, 5.41) is 7.26. The average molecular weight is 242 g/mol. The summed E-state index contributed by atoms with van der Waals surface area (Å²) in [5.74, 6) is 0. The fourth-order valence-electron chi connectivity index (χ4n) is 1.48. The molecule has 1 aromatic heterocycles. The summed E-state index contributed by atoms with van der Waals surface area (Å²) in [7, 11) is 1.70. The molecule has 0 fully saturated rings. The number of aromatic nitrogens is 3. The molecule has 0 saturated carbocycles. The van der Waals surface area contributed by atoms with Gasteiger partial charge in [-0.1, -0.05) is 0 Å². The standard InChI is InChI=1S/C11H22N4O2/c1-3-17-9-5-4-6-12-7-8-15-11(16)14(2)10-13-15/h10,12H,3-9H2,1-2H3. The number of nitrogens with one attached hydrogen (secondary N) is 1. The third-order valence-corrected chi connectivity index (χ3v) is 2.48. The molecule has 1 heterocycles. The molecule has 0 aliphatic carbocycles. The van der Waals surface area contributed by atoms with Gasteiger partial charge in [-0.3, -0.25) is 4.57 Å². The number of hydrogen-bond acceptors (Lipinski definition) is 4. The lowest BCUT2D eigenvalue weighted by Crippen LogP contribution is -2.29. The molecule has 0 aromatic carbocycles. The summed E-state index contributed by atoms with van der Waals surface area (Å²) < 4.78 is 8.18. The van der Waals surface area contributed by atoms with Gasteiger partial charge in [0.15, 0.2) is 0 Å². The molecule has 0 saturated heterocycles. The first-order valence-electron chi connectivity index (χ1n) is 6.12. The van der Waals surface area contributed by atoms with Crippen molar-refractivity contribution in [3.05, 3.63) is 16.8 Å². The molecule has 1 aromatic rings. The third kappa shape index (κ3) is 5.14. The van der Waals surface area contributed by atoms with E-state index < -0.39 is 0 Å². The Morgan fingerprint density at radius 2 is 2.24 bits per heavy atom. The Kier molecular flexibility index (Phi) is 6.57. The zero-order valence-electron chi connectivity index (χ0n) is 10.7. The summed E-state index contributed by atoms with van der Waals surface area (Å²) in [5.41, 5.74) is -0.0665. The number of rotatable bonds is 9. The fourth-order valence-corrected chi connectivity index (χ4v) is 1.48. The van der Waals surface area contributed by atoms with Crippen LogP contribution in [0.2, 0.25) is 0 Å². The SMILES string of the molecule is CCOCCCCNCCn1ncn(C)c1=O. The van der Waals surface area contributed by atoms with Crippen LogP contribution in [0.25, 0.3) is 0 Å². The monoisotopic (exact) mass is 242 g/mol. The Balaban J connectivity index is 2.01. The molecule has 0 spiro atoms. The molecule has 0 unspecified atom stereocenters. The van der Waals surface area contributed by atoms with E-state index in [2.05, 4.69) is 10.4 Å². The molecule has 0 bridgehead atoms. The number of hydrogen-bond donors (Lipinski definition) is 1. The topological polar surface area (TPSA) is 61.1 Å². The number of nitrogens with zero attached hydrogens (tertiary/aromatic N) is 3. The number of aryl methyl sites for hydroxylation is 1. The van der Waals surface area contributed by atoms with Gasteiger partial charge in [0.1, 0.15) is 6.33 Å². The Labute approximate surface area is 102 Å². The molecule has 0 aliphatic rings. The van der Waals surface area contributed by atoms with Gasteiger partial charge in [0.05, 0.1) is 6.54 Å². The van der Waals surface area contributed by atoms with Crippen LogP contribution in [0.4, 0.5) is 0 Å². The first-order valence-corrected chi connectivity index (χ1v) is 6.12. The summed E-state index contributed by atoms with van der Waals surface area (Å²) in [6, 6.07) is 0. The van der Waals surface area contributed by atoms with E-state index in [9.17, 15) is 4.79 Å². The molecule has 1 rings (SSSR count). The van der Waals surface area contributed by atoms with Gasteiger partial charge in [0.25, 0.3) is 0 Å². The Morgan fingerprint density at radius 1 is 1.41 bits per heavy atom. The zero-order chi connectivity index (χ0) is 12.5. The van der Waals surface area contributed by atoms with E-state index in [-0.39, 0.29) is 5.69 Å². The normalized spacial score (nSPS) is 10.9. The molecule has 0 atom stereocenters. The van der Waals surface area contributed by atoms with Crippen LogP contribution in [-0.2, 0) is 18.3 Å². The lowest BCUT2D eigenvalue weighted by atomic mass is 10.3. The number of ether oxygens (including phenoxy) is 1. The van der Waals surface area contributed by atoms with Crippen LogP contribution in [0, 0.1) is 0 Å². The van der Waals surface area contributed by atoms with E-state index in [0.717, 1.165) is 39.1 Å². The van der Waals surface area contributed by atoms with Crippen LogP contribution in [0.1, 0.15) is 19.8 Å². The minimum Gasteiger partial charge on any atom is -0.382 e. The van der Waals surface area contributed by atoms with Crippen LogP contribution in [0.5, 0.6) is 0 Å². The molecule has 6 heteroatoms. The smallest absolute Gasteiger partial charge is 0.345 e. The van der Waals surface area contributed by atoms with Crippen LogP contribution in [0.15, 0.2) is 11.1 Å². The summed E-state index contributed by atoms with van der Waals surface area (Å²) >= 11 is 0. The van der Waals surface area contributed by atoms with Crippen molar-refractivity contribution in [1.29, 1.82) is 0 Å². The van der Waals surface area contributed by atoms with Gasteiger partial charge in [-0.2, -0.15) is 5.10 Å². The maximum Gasteiger partial charge on any atom is 0.345 e. The van der Waals surface area contributed by atoms with Crippen molar-refractivity contribution >= 4 is 0 Å². The molecule has 0 amide bonds. The van der Waals surface area contributed by atoms with Crippen molar-refractivity contribution < 1.29 is 4.74 Å². The van der Waals surface area contributed by atoms with E-state index in [1.54, 1.807) is 7.05 Å². The lowest BCUT2D eigenvalue weighted by molar-refractivity contribution is 0.143. The van der Waals surface area contributed by atoms with Gasteiger partial charge in [-0.05, 0) is 26.3 Å². The number of unbranched alkanes of at least 4 members (excludes halogenated alkanes) is 1. The van der Waals surface area contributed by atoms with Gasteiger partial charge in [-0.15, -0.1) is 0 Å². The van der Waals surface area contributed by atoms with E-state index in [0.29, 0.717) is 6.54 Å². The Hall–Kier alpha value is -1.14. The highest BCUT2D eigenvalue weighted by Gasteiger charge is 1.99. The highest BCUT2D eigenvalue weighted by Crippen LogP contribution is 1.88. The van der Waals surface area contributed by atoms with Crippen molar-refractivity contribution in [3.8, 4) is 0 Å². The minimum absolute atomic E-state index is 0.0665. The lowest BCUT2D eigenvalue weighted by Gasteiger charge is -2.04. The molecule has 1 N–H and O–H groups in total. The maximum absolute atomic E-state index is 11.4. The quantitative estimate of drug-likeness (QED) is 0.619. The molecule has 17 heavy (non-hydrogen) atoms. The maximum atomic E-state index is 11.4. The predicted octanol–water partition coefficient (Wildman–Crippen LogP) is -0.0119. The van der Waals surface area contributed by atoms with Crippen LogP contribution < -0.4 is 11.0 Å². The Bertz CT molecular complexity index is 359. The van der Waals surface area contributed by atoms with Crippen LogP contribution >= 0.6 is 0 Å². The van der Waals surface area contributed by atoms with Crippen LogP contribution in [-0.4, -0.2) is 40.7 Å². The van der Waals surface area contributed by atoms with Crippen LogP contribution in [0.3, 0.4) is 0 Å². The van der Waals surface area contributed by atoms with E-state index in [1.165, 1.54) is 15.6 Å². The fraction of sp³-hybridized carbons (Fsp3) is 0.818. The van der Waals surface area contributed by atoms with Gasteiger partial charge < -0.3 is 10.1 Å². The van der Waals surface area contributed by atoms with E-state index in [4.69, 9.17) is 4.74 Å². The van der Waals surface area contributed by atoms with Crippen molar-refractivity contribution in [2.75, 3.05) is 26.3 Å². The highest BCUT2D eigenvalue weighted by atomic mass is 16.5. The third-order valence-electron chi connectivity index (χ3n) is 2.48. The highest BCUT2D eigenvalue weighted by molar-refractivity contribution is 4.65. The molecule has 6 nitrogen and oxygen atoms in total. The molecular weight excluding hydrogens is 220 g/mol. The van der Waals surface area contributed by atoms with E-state index in [1.807, 2.05) is 6.92 Å². The Morgan fingerprint density at radius 3 is 2.88 bits per heavy atom.